The van der Waals surface area contributed by atoms with Crippen molar-refractivity contribution in [3.8, 4) is 0 Å². The third-order valence-corrected chi connectivity index (χ3v) is 5.72. The first-order valence-corrected chi connectivity index (χ1v) is 10.7. The fraction of sp³-hybridized carbons (Fsp3) is 0.417. The maximum Gasteiger partial charge on any atom is 0.324 e. The number of benzene rings is 2. The number of carbonyl (C=O) groups excluding carboxylic acids is 2. The Balaban J connectivity index is 1.37. The lowest BCUT2D eigenvalue weighted by atomic mass is 10.1. The van der Waals surface area contributed by atoms with Gasteiger partial charge in [-0.2, -0.15) is 0 Å². The molecule has 2 aromatic rings. The number of hydrogen-bond acceptors (Lipinski definition) is 3. The minimum Gasteiger partial charge on any atom is -0.376 e. The molecule has 2 aliphatic rings. The highest BCUT2D eigenvalue weighted by atomic mass is 16.5. The summed E-state index contributed by atoms with van der Waals surface area (Å²) >= 11 is 0. The number of urea groups is 1. The molecule has 0 aromatic heterocycles. The molecule has 6 nitrogen and oxygen atoms in total. The lowest BCUT2D eigenvalue weighted by Crippen LogP contribution is -2.49. The van der Waals surface area contributed by atoms with E-state index in [2.05, 4.69) is 30.4 Å². The molecule has 0 bridgehead atoms. The van der Waals surface area contributed by atoms with Gasteiger partial charge in [-0.25, -0.2) is 4.79 Å². The van der Waals surface area contributed by atoms with Gasteiger partial charge in [0, 0.05) is 44.0 Å². The average Bonchev–Trinajstić information content (AvgIpc) is 3.27. The van der Waals surface area contributed by atoms with Crippen molar-refractivity contribution in [2.24, 2.45) is 0 Å². The van der Waals surface area contributed by atoms with Crippen molar-refractivity contribution >= 4 is 17.6 Å². The Labute approximate surface area is 177 Å². The van der Waals surface area contributed by atoms with Crippen LogP contribution in [-0.4, -0.2) is 49.2 Å². The van der Waals surface area contributed by atoms with Crippen molar-refractivity contribution < 1.29 is 14.3 Å². The zero-order valence-corrected chi connectivity index (χ0v) is 17.5. The van der Waals surface area contributed by atoms with Crippen molar-refractivity contribution in [2.75, 3.05) is 31.1 Å². The predicted octanol–water partition coefficient (Wildman–Crippen LogP) is 3.74. The number of amides is 3. The molecule has 2 saturated heterocycles. The van der Waals surface area contributed by atoms with Crippen LogP contribution in [0, 0.1) is 6.92 Å². The van der Waals surface area contributed by atoms with Gasteiger partial charge in [-0.1, -0.05) is 29.8 Å². The summed E-state index contributed by atoms with van der Waals surface area (Å²) in [6.07, 6.45) is 3.09. The molecule has 1 N–H and O–H groups in total. The van der Waals surface area contributed by atoms with Crippen molar-refractivity contribution in [3.63, 3.8) is 0 Å². The fourth-order valence-corrected chi connectivity index (χ4v) is 4.11. The summed E-state index contributed by atoms with van der Waals surface area (Å²) in [5, 5.41) is 2.93. The highest BCUT2D eigenvalue weighted by molar-refractivity contribution is 5.96. The number of rotatable bonds is 6. The fourth-order valence-electron chi connectivity index (χ4n) is 4.11. The average molecular weight is 408 g/mol. The van der Waals surface area contributed by atoms with E-state index in [1.54, 1.807) is 17.0 Å². The summed E-state index contributed by atoms with van der Waals surface area (Å²) in [6.45, 7) is 5.44. The zero-order chi connectivity index (χ0) is 20.9. The van der Waals surface area contributed by atoms with E-state index in [4.69, 9.17) is 4.74 Å². The minimum absolute atomic E-state index is 0.0124. The molecule has 30 heavy (non-hydrogen) atoms. The predicted molar refractivity (Wildman–Crippen MR) is 117 cm³/mol. The van der Waals surface area contributed by atoms with Gasteiger partial charge in [0.15, 0.2) is 0 Å². The normalized spacial score (nSPS) is 19.2. The van der Waals surface area contributed by atoms with Crippen LogP contribution in [0.4, 0.5) is 10.5 Å². The second kappa shape index (κ2) is 9.30. The number of aryl methyl sites for hydroxylation is 1. The van der Waals surface area contributed by atoms with Gasteiger partial charge >= 0.3 is 6.03 Å². The van der Waals surface area contributed by atoms with Gasteiger partial charge in [0.1, 0.15) is 0 Å². The Bertz CT molecular complexity index is 891. The molecule has 0 radical (unpaired) electrons. The van der Waals surface area contributed by atoms with Gasteiger partial charge in [0.25, 0.3) is 5.91 Å². The van der Waals surface area contributed by atoms with Gasteiger partial charge < -0.3 is 15.0 Å². The van der Waals surface area contributed by atoms with Crippen LogP contribution >= 0.6 is 0 Å². The molecule has 0 spiro atoms. The monoisotopic (exact) mass is 407 g/mol. The molecule has 2 fully saturated rings. The van der Waals surface area contributed by atoms with Crippen molar-refractivity contribution in [3.05, 3.63) is 65.2 Å². The number of ether oxygens (including phenoxy) is 1. The SMILES string of the molecule is Cc1cccc(CN2CCCN(c3ccc(C(=O)NC[C@@H]4CCCO4)cc3)C2=O)c1. The molecular weight excluding hydrogens is 378 g/mol. The summed E-state index contributed by atoms with van der Waals surface area (Å²) in [5.41, 5.74) is 3.76. The van der Waals surface area contributed by atoms with Gasteiger partial charge in [-0.05, 0) is 56.0 Å². The second-order valence-electron chi connectivity index (χ2n) is 8.09. The molecule has 0 aliphatic carbocycles. The van der Waals surface area contributed by atoms with Crippen molar-refractivity contribution in [1.29, 1.82) is 0 Å². The largest absolute Gasteiger partial charge is 0.376 e. The Hall–Kier alpha value is -2.86. The van der Waals surface area contributed by atoms with E-state index >= 15 is 0 Å². The van der Waals surface area contributed by atoms with E-state index in [-0.39, 0.29) is 18.0 Å². The third-order valence-electron chi connectivity index (χ3n) is 5.72. The third kappa shape index (κ3) is 4.82. The maximum absolute atomic E-state index is 13.0. The highest BCUT2D eigenvalue weighted by Gasteiger charge is 2.27. The molecule has 6 heteroatoms. The summed E-state index contributed by atoms with van der Waals surface area (Å²) < 4.78 is 5.55. The number of anilines is 1. The van der Waals surface area contributed by atoms with Crippen LogP contribution in [0.25, 0.3) is 0 Å². The van der Waals surface area contributed by atoms with Crippen LogP contribution in [0.15, 0.2) is 48.5 Å². The molecule has 4 rings (SSSR count). The van der Waals surface area contributed by atoms with E-state index < -0.39 is 0 Å². The summed E-state index contributed by atoms with van der Waals surface area (Å²) in [5.74, 6) is -0.108. The number of hydrogen-bond donors (Lipinski definition) is 1. The second-order valence-corrected chi connectivity index (χ2v) is 8.09. The van der Waals surface area contributed by atoms with E-state index in [0.29, 0.717) is 25.2 Å². The molecule has 2 aromatic carbocycles. The first kappa shape index (κ1) is 20.4. The lowest BCUT2D eigenvalue weighted by Gasteiger charge is -2.35. The van der Waals surface area contributed by atoms with Gasteiger partial charge in [0.05, 0.1) is 6.10 Å². The van der Waals surface area contributed by atoms with Crippen LogP contribution in [0.2, 0.25) is 0 Å². The van der Waals surface area contributed by atoms with Crippen molar-refractivity contribution in [1.82, 2.24) is 10.2 Å². The summed E-state index contributed by atoms with van der Waals surface area (Å²) in [4.78, 5) is 29.1. The van der Waals surface area contributed by atoms with Crippen LogP contribution in [0.5, 0.6) is 0 Å². The Morgan fingerprint density at radius 1 is 1.13 bits per heavy atom. The minimum atomic E-state index is -0.108. The zero-order valence-electron chi connectivity index (χ0n) is 17.5. The molecule has 3 amide bonds. The molecule has 2 aliphatic heterocycles. The van der Waals surface area contributed by atoms with Gasteiger partial charge in [0.2, 0.25) is 0 Å². The molecule has 0 saturated carbocycles. The lowest BCUT2D eigenvalue weighted by molar-refractivity contribution is 0.0858. The molecule has 1 atom stereocenters. The van der Waals surface area contributed by atoms with E-state index in [0.717, 1.165) is 43.7 Å². The first-order valence-electron chi connectivity index (χ1n) is 10.7. The molecule has 2 heterocycles. The first-order chi connectivity index (χ1) is 14.6. The Morgan fingerprint density at radius 2 is 1.97 bits per heavy atom. The topological polar surface area (TPSA) is 61.9 Å². The van der Waals surface area contributed by atoms with Crippen molar-refractivity contribution in [2.45, 2.75) is 38.8 Å². The standard InChI is InChI=1S/C24H29N3O3/c1-18-5-2-6-19(15-18)17-26-12-4-13-27(24(26)29)21-10-8-20(9-11-21)23(28)25-16-22-7-3-14-30-22/h2,5-6,8-11,15,22H,3-4,7,12-14,16-17H2,1H3,(H,25,28)/t22-/m0/s1. The van der Waals surface area contributed by atoms with Crippen LogP contribution in [-0.2, 0) is 11.3 Å². The highest BCUT2D eigenvalue weighted by Crippen LogP contribution is 2.22. The smallest absolute Gasteiger partial charge is 0.324 e. The number of nitrogens with zero attached hydrogens (tertiary/aromatic N) is 2. The molecular formula is C24H29N3O3. The Morgan fingerprint density at radius 3 is 2.70 bits per heavy atom. The number of nitrogens with one attached hydrogen (secondary N) is 1. The van der Waals surface area contributed by atoms with Gasteiger partial charge in [-0.3, -0.25) is 9.69 Å². The van der Waals surface area contributed by atoms with E-state index in [1.165, 1.54) is 5.56 Å². The van der Waals surface area contributed by atoms with E-state index in [1.807, 2.05) is 23.1 Å². The van der Waals surface area contributed by atoms with E-state index in [9.17, 15) is 9.59 Å². The van der Waals surface area contributed by atoms with Crippen LogP contribution in [0.3, 0.4) is 0 Å². The van der Waals surface area contributed by atoms with Crippen LogP contribution < -0.4 is 10.2 Å². The quantitative estimate of drug-likeness (QED) is 0.794. The number of carbonyl (C=O) groups is 2. The Kier molecular flexibility index (Phi) is 6.33. The summed E-state index contributed by atoms with van der Waals surface area (Å²) in [7, 11) is 0. The molecule has 158 valence electrons. The van der Waals surface area contributed by atoms with Crippen LogP contribution in [0.1, 0.15) is 40.7 Å². The summed E-state index contributed by atoms with van der Waals surface area (Å²) in [6, 6.07) is 15.6. The molecule has 0 unspecified atom stereocenters. The maximum atomic E-state index is 13.0. The van der Waals surface area contributed by atoms with Gasteiger partial charge in [-0.15, -0.1) is 0 Å².